The number of carboxylic acid groups (broad SMARTS) is 1. The molecule has 0 saturated carbocycles. The van der Waals surface area contributed by atoms with Gasteiger partial charge in [-0.15, -0.1) is 0 Å². The van der Waals surface area contributed by atoms with Crippen molar-refractivity contribution >= 4 is 17.3 Å². The molecule has 1 aliphatic heterocycles. The molecule has 3 N–H and O–H groups in total. The quantitative estimate of drug-likeness (QED) is 0.793. The highest BCUT2D eigenvalue weighted by Gasteiger charge is 2.20. The number of rotatable bonds is 4. The monoisotopic (exact) mass is 250 g/mol. The van der Waals surface area contributed by atoms with Gasteiger partial charge in [-0.1, -0.05) is 6.07 Å². The number of carbonyl (C=O) groups is 1. The number of anilines is 2. The second-order valence-corrected chi connectivity index (χ2v) is 4.56. The third kappa shape index (κ3) is 2.56. The first-order chi connectivity index (χ1) is 8.59. The Balaban J connectivity index is 2.16. The van der Waals surface area contributed by atoms with Crippen LogP contribution in [0.25, 0.3) is 0 Å². The number of carboxylic acids is 1. The van der Waals surface area contributed by atoms with Gasteiger partial charge < -0.3 is 20.5 Å². The van der Waals surface area contributed by atoms with Gasteiger partial charge in [0.1, 0.15) is 0 Å². The third-order valence-corrected chi connectivity index (χ3v) is 3.23. The number of benzene rings is 1. The van der Waals surface area contributed by atoms with Crippen LogP contribution in [0, 0.1) is 0 Å². The molecule has 0 aromatic heterocycles. The topological polar surface area (TPSA) is 75.8 Å². The minimum Gasteiger partial charge on any atom is -0.478 e. The summed E-state index contributed by atoms with van der Waals surface area (Å²) in [5.41, 5.74) is 7.09. The lowest BCUT2D eigenvalue weighted by molar-refractivity contribution is 0.0698. The summed E-state index contributed by atoms with van der Waals surface area (Å²) in [5, 5.41) is 9.03. The van der Waals surface area contributed by atoms with Crippen LogP contribution in [-0.4, -0.2) is 37.4 Å². The predicted octanol–water partition coefficient (Wildman–Crippen LogP) is 1.58. The Morgan fingerprint density at radius 2 is 2.39 bits per heavy atom. The number of likely N-dealkylation sites (N-methyl/N-ethyl adjacent to an activating group) is 1. The maximum absolute atomic E-state index is 11.0. The molecule has 1 heterocycles. The van der Waals surface area contributed by atoms with Gasteiger partial charge in [-0.3, -0.25) is 0 Å². The molecule has 5 heteroatoms. The lowest BCUT2D eigenvalue weighted by Crippen LogP contribution is -2.29. The average Bonchev–Trinajstić information content (AvgIpc) is 2.81. The molecule has 1 fully saturated rings. The summed E-state index contributed by atoms with van der Waals surface area (Å²) in [6.07, 6.45) is 2.34. The molecule has 0 amide bonds. The SMILES string of the molecule is CN(CC1CCCO1)c1cccc(C(=O)O)c1N. The van der Waals surface area contributed by atoms with E-state index in [1.165, 1.54) is 6.07 Å². The number of nitrogens with two attached hydrogens (primary N) is 1. The Bertz CT molecular complexity index is 442. The average molecular weight is 250 g/mol. The van der Waals surface area contributed by atoms with Crippen LogP contribution in [0.2, 0.25) is 0 Å². The van der Waals surface area contributed by atoms with Crippen LogP contribution in [0.15, 0.2) is 18.2 Å². The maximum Gasteiger partial charge on any atom is 0.337 e. The van der Waals surface area contributed by atoms with Crippen LogP contribution < -0.4 is 10.6 Å². The minimum absolute atomic E-state index is 0.145. The van der Waals surface area contributed by atoms with Gasteiger partial charge >= 0.3 is 5.97 Å². The van der Waals surface area contributed by atoms with Gasteiger partial charge in [-0.2, -0.15) is 0 Å². The number of ether oxygens (including phenoxy) is 1. The number of aromatic carboxylic acids is 1. The molecule has 98 valence electrons. The van der Waals surface area contributed by atoms with Gasteiger partial charge in [0.25, 0.3) is 0 Å². The molecule has 1 aliphatic rings. The Labute approximate surface area is 106 Å². The van der Waals surface area contributed by atoms with E-state index in [-0.39, 0.29) is 11.7 Å². The zero-order chi connectivity index (χ0) is 13.1. The highest BCUT2D eigenvalue weighted by atomic mass is 16.5. The highest BCUT2D eigenvalue weighted by molar-refractivity contribution is 5.97. The van der Waals surface area contributed by atoms with Crippen LogP contribution in [-0.2, 0) is 4.74 Å². The molecule has 0 radical (unpaired) electrons. The first-order valence-corrected chi connectivity index (χ1v) is 6.04. The second-order valence-electron chi connectivity index (χ2n) is 4.56. The van der Waals surface area contributed by atoms with Crippen molar-refractivity contribution in [3.63, 3.8) is 0 Å². The minimum atomic E-state index is -1.00. The van der Waals surface area contributed by atoms with Crippen LogP contribution in [0.1, 0.15) is 23.2 Å². The van der Waals surface area contributed by atoms with Crippen molar-refractivity contribution in [2.24, 2.45) is 0 Å². The molecule has 5 nitrogen and oxygen atoms in total. The zero-order valence-electron chi connectivity index (χ0n) is 10.4. The number of nitrogens with zero attached hydrogens (tertiary/aromatic N) is 1. The molecule has 1 atom stereocenters. The molecule has 1 saturated heterocycles. The van der Waals surface area contributed by atoms with Crippen molar-refractivity contribution in [3.05, 3.63) is 23.8 Å². The van der Waals surface area contributed by atoms with Crippen molar-refractivity contribution in [1.29, 1.82) is 0 Å². The van der Waals surface area contributed by atoms with E-state index in [2.05, 4.69) is 0 Å². The van der Waals surface area contributed by atoms with Gasteiger partial charge in [0, 0.05) is 20.2 Å². The molecular formula is C13H18N2O3. The molecule has 0 aliphatic carbocycles. The van der Waals surface area contributed by atoms with E-state index >= 15 is 0 Å². The molecule has 2 rings (SSSR count). The van der Waals surface area contributed by atoms with E-state index in [0.29, 0.717) is 5.69 Å². The van der Waals surface area contributed by atoms with Gasteiger partial charge in [-0.05, 0) is 25.0 Å². The van der Waals surface area contributed by atoms with Crippen molar-refractivity contribution in [1.82, 2.24) is 0 Å². The van der Waals surface area contributed by atoms with Gasteiger partial charge in [0.15, 0.2) is 0 Å². The molecule has 1 aromatic rings. The number of para-hydroxylation sites is 1. The summed E-state index contributed by atoms with van der Waals surface area (Å²) in [4.78, 5) is 13.0. The lowest BCUT2D eigenvalue weighted by atomic mass is 10.1. The Kier molecular flexibility index (Phi) is 3.72. The molecule has 1 aromatic carbocycles. The lowest BCUT2D eigenvalue weighted by Gasteiger charge is -2.24. The van der Waals surface area contributed by atoms with E-state index in [1.807, 2.05) is 18.0 Å². The standard InChI is InChI=1S/C13H18N2O3/c1-15(8-9-4-3-7-18-9)11-6-2-5-10(12(11)14)13(16)17/h2,5-6,9H,3-4,7-8,14H2,1H3,(H,16,17). The largest absolute Gasteiger partial charge is 0.478 e. The van der Waals surface area contributed by atoms with Crippen molar-refractivity contribution in [2.45, 2.75) is 18.9 Å². The van der Waals surface area contributed by atoms with Crippen molar-refractivity contribution in [2.75, 3.05) is 30.8 Å². The summed E-state index contributed by atoms with van der Waals surface area (Å²) >= 11 is 0. The van der Waals surface area contributed by atoms with Crippen LogP contribution in [0.3, 0.4) is 0 Å². The molecule has 0 bridgehead atoms. The fraction of sp³-hybridized carbons (Fsp3) is 0.462. The first kappa shape index (κ1) is 12.7. The third-order valence-electron chi connectivity index (χ3n) is 3.23. The Morgan fingerprint density at radius 3 is 3.00 bits per heavy atom. The summed E-state index contributed by atoms with van der Waals surface area (Å²) < 4.78 is 5.56. The Hall–Kier alpha value is -1.75. The van der Waals surface area contributed by atoms with Crippen molar-refractivity contribution < 1.29 is 14.6 Å². The van der Waals surface area contributed by atoms with Crippen LogP contribution >= 0.6 is 0 Å². The first-order valence-electron chi connectivity index (χ1n) is 6.04. The van der Waals surface area contributed by atoms with E-state index in [9.17, 15) is 4.79 Å². The zero-order valence-corrected chi connectivity index (χ0v) is 10.4. The number of hydrogen-bond acceptors (Lipinski definition) is 4. The second kappa shape index (κ2) is 5.27. The van der Waals surface area contributed by atoms with Crippen LogP contribution in [0.5, 0.6) is 0 Å². The normalized spacial score (nSPS) is 18.8. The summed E-state index contributed by atoms with van der Waals surface area (Å²) in [7, 11) is 1.90. The smallest absolute Gasteiger partial charge is 0.337 e. The van der Waals surface area contributed by atoms with E-state index in [1.54, 1.807) is 6.07 Å². The van der Waals surface area contributed by atoms with Gasteiger partial charge in [0.2, 0.25) is 0 Å². The van der Waals surface area contributed by atoms with Crippen molar-refractivity contribution in [3.8, 4) is 0 Å². The van der Waals surface area contributed by atoms with Gasteiger partial charge in [0.05, 0.1) is 23.0 Å². The molecule has 18 heavy (non-hydrogen) atoms. The van der Waals surface area contributed by atoms with Crippen LogP contribution in [0.4, 0.5) is 11.4 Å². The van der Waals surface area contributed by atoms with Gasteiger partial charge in [-0.25, -0.2) is 4.79 Å². The number of nitrogen functional groups attached to an aromatic ring is 1. The Morgan fingerprint density at radius 1 is 1.61 bits per heavy atom. The fourth-order valence-electron chi connectivity index (χ4n) is 2.26. The highest BCUT2D eigenvalue weighted by Crippen LogP contribution is 2.27. The predicted molar refractivity (Wildman–Crippen MR) is 70.1 cm³/mol. The summed E-state index contributed by atoms with van der Waals surface area (Å²) in [6.45, 7) is 1.54. The molecular weight excluding hydrogens is 232 g/mol. The summed E-state index contributed by atoms with van der Waals surface area (Å²) in [6, 6.07) is 5.05. The van der Waals surface area contributed by atoms with E-state index < -0.39 is 5.97 Å². The van der Waals surface area contributed by atoms with E-state index in [0.717, 1.165) is 31.7 Å². The molecule has 1 unspecified atom stereocenters. The fourth-order valence-corrected chi connectivity index (χ4v) is 2.26. The van der Waals surface area contributed by atoms with E-state index in [4.69, 9.17) is 15.6 Å². The number of hydrogen-bond donors (Lipinski definition) is 2. The maximum atomic E-state index is 11.0. The summed E-state index contributed by atoms with van der Waals surface area (Å²) in [5.74, 6) is -1.00. The molecule has 0 spiro atoms.